The molecule has 0 aliphatic carbocycles. The second kappa shape index (κ2) is 5.01. The molecule has 102 valence electrons. The van der Waals surface area contributed by atoms with Crippen molar-refractivity contribution in [3.05, 3.63) is 39.4 Å². The van der Waals surface area contributed by atoms with Gasteiger partial charge in [0, 0.05) is 11.4 Å². The lowest BCUT2D eigenvalue weighted by atomic mass is 10.0. The van der Waals surface area contributed by atoms with Crippen LogP contribution >= 0.6 is 22.7 Å². The molecule has 0 saturated heterocycles. The average Bonchev–Trinajstić information content (AvgIpc) is 3.07. The van der Waals surface area contributed by atoms with Gasteiger partial charge in [-0.25, -0.2) is 8.42 Å². The lowest BCUT2D eigenvalue weighted by Crippen LogP contribution is -2.38. The first-order chi connectivity index (χ1) is 9.14. The van der Waals surface area contributed by atoms with Gasteiger partial charge in [0.1, 0.15) is 4.21 Å². The number of thiophene rings is 2. The number of hydrogen-bond donors (Lipinski definition) is 0. The van der Waals surface area contributed by atoms with Crippen molar-refractivity contribution in [2.75, 3.05) is 6.54 Å². The van der Waals surface area contributed by atoms with E-state index < -0.39 is 10.0 Å². The van der Waals surface area contributed by atoms with Gasteiger partial charge in [0.05, 0.1) is 6.04 Å². The van der Waals surface area contributed by atoms with E-state index in [2.05, 4.69) is 11.4 Å². The van der Waals surface area contributed by atoms with Crippen LogP contribution in [0.4, 0.5) is 0 Å². The maximum Gasteiger partial charge on any atom is 0.253 e. The molecule has 0 fully saturated rings. The molecule has 0 radical (unpaired) electrons. The monoisotopic (exact) mass is 313 g/mol. The third kappa shape index (κ3) is 2.16. The van der Waals surface area contributed by atoms with Gasteiger partial charge in [-0.05, 0) is 41.3 Å². The van der Waals surface area contributed by atoms with Crippen molar-refractivity contribution in [1.29, 1.82) is 0 Å². The summed E-state index contributed by atoms with van der Waals surface area (Å²) in [5, 5.41) is 3.88. The summed E-state index contributed by atoms with van der Waals surface area (Å²) in [7, 11) is -3.34. The van der Waals surface area contributed by atoms with Gasteiger partial charge in [-0.1, -0.05) is 13.0 Å². The Kier molecular flexibility index (Phi) is 3.51. The molecule has 1 unspecified atom stereocenters. The van der Waals surface area contributed by atoms with Crippen LogP contribution in [0.15, 0.2) is 33.2 Å². The van der Waals surface area contributed by atoms with E-state index in [1.165, 1.54) is 21.8 Å². The molecule has 2 aromatic rings. The molecule has 0 aromatic carbocycles. The Morgan fingerprint density at radius 3 is 2.84 bits per heavy atom. The fourth-order valence-corrected chi connectivity index (χ4v) is 6.34. The molecule has 1 aliphatic rings. The van der Waals surface area contributed by atoms with Gasteiger partial charge in [-0.2, -0.15) is 4.31 Å². The van der Waals surface area contributed by atoms with Crippen molar-refractivity contribution >= 4 is 32.7 Å². The molecule has 6 heteroatoms. The van der Waals surface area contributed by atoms with Gasteiger partial charge in [0.25, 0.3) is 10.0 Å². The smallest absolute Gasteiger partial charge is 0.206 e. The Hall–Kier alpha value is -0.690. The number of nitrogens with zero attached hydrogens (tertiary/aromatic N) is 1. The van der Waals surface area contributed by atoms with Crippen LogP contribution in [0, 0.1) is 0 Å². The highest BCUT2D eigenvalue weighted by atomic mass is 32.2. The molecule has 3 heterocycles. The molecular weight excluding hydrogens is 298 g/mol. The van der Waals surface area contributed by atoms with Crippen LogP contribution in [0.2, 0.25) is 0 Å². The maximum absolute atomic E-state index is 12.7. The van der Waals surface area contributed by atoms with E-state index in [1.807, 2.05) is 12.3 Å². The molecule has 3 rings (SSSR count). The summed E-state index contributed by atoms with van der Waals surface area (Å²) in [4.78, 5) is 1.34. The number of sulfonamides is 1. The first-order valence-electron chi connectivity index (χ1n) is 6.26. The molecule has 2 aromatic heterocycles. The minimum absolute atomic E-state index is 0.0119. The summed E-state index contributed by atoms with van der Waals surface area (Å²) in [5.41, 5.74) is 1.19. The van der Waals surface area contributed by atoms with E-state index in [4.69, 9.17) is 0 Å². The van der Waals surface area contributed by atoms with Gasteiger partial charge < -0.3 is 0 Å². The van der Waals surface area contributed by atoms with Crippen LogP contribution < -0.4 is 0 Å². The van der Waals surface area contributed by atoms with E-state index >= 15 is 0 Å². The molecule has 0 saturated carbocycles. The highest BCUT2D eigenvalue weighted by Gasteiger charge is 2.36. The largest absolute Gasteiger partial charge is 0.253 e. The molecular formula is C13H15NO2S3. The highest BCUT2D eigenvalue weighted by Crippen LogP contribution is 2.38. The first kappa shape index (κ1) is 13.3. The summed E-state index contributed by atoms with van der Waals surface area (Å²) in [6.07, 6.45) is 1.64. The van der Waals surface area contributed by atoms with Gasteiger partial charge >= 0.3 is 0 Å². The Morgan fingerprint density at radius 2 is 2.16 bits per heavy atom. The van der Waals surface area contributed by atoms with Crippen molar-refractivity contribution in [3.63, 3.8) is 0 Å². The zero-order chi connectivity index (χ0) is 13.5. The minimum atomic E-state index is -3.34. The normalized spacial score (nSPS) is 20.4. The van der Waals surface area contributed by atoms with Crippen molar-refractivity contribution in [1.82, 2.24) is 4.31 Å². The lowest BCUT2D eigenvalue weighted by molar-refractivity contribution is 0.304. The van der Waals surface area contributed by atoms with E-state index in [9.17, 15) is 8.42 Å². The van der Waals surface area contributed by atoms with Crippen LogP contribution in [-0.4, -0.2) is 19.3 Å². The van der Waals surface area contributed by atoms with Crippen molar-refractivity contribution in [2.45, 2.75) is 30.0 Å². The molecule has 1 atom stereocenters. The standard InChI is InChI=1S/C13H15NO2S3/c1-2-11-10-6-9-17-12(10)5-7-14(11)19(15,16)13-4-3-8-18-13/h3-4,6,8-9,11H,2,5,7H2,1H3. The van der Waals surface area contributed by atoms with Crippen LogP contribution in [0.1, 0.15) is 29.8 Å². The van der Waals surface area contributed by atoms with Crippen LogP contribution in [-0.2, 0) is 16.4 Å². The third-order valence-corrected chi connectivity index (χ3v) is 7.77. The fraction of sp³-hybridized carbons (Fsp3) is 0.385. The van der Waals surface area contributed by atoms with Gasteiger partial charge in [0.2, 0.25) is 0 Å². The molecule has 0 spiro atoms. The van der Waals surface area contributed by atoms with Crippen LogP contribution in [0.25, 0.3) is 0 Å². The predicted molar refractivity (Wildman–Crippen MR) is 79.3 cm³/mol. The van der Waals surface area contributed by atoms with Gasteiger partial charge in [-0.3, -0.25) is 0 Å². The first-order valence-corrected chi connectivity index (χ1v) is 9.46. The van der Waals surface area contributed by atoms with Crippen molar-refractivity contribution in [3.8, 4) is 0 Å². The summed E-state index contributed by atoms with van der Waals surface area (Å²) >= 11 is 3.03. The Balaban J connectivity index is 2.03. The summed E-state index contributed by atoms with van der Waals surface area (Å²) in [6.45, 7) is 2.64. The zero-order valence-corrected chi connectivity index (χ0v) is 13.0. The van der Waals surface area contributed by atoms with E-state index in [0.717, 1.165) is 12.8 Å². The van der Waals surface area contributed by atoms with Crippen LogP contribution in [0.5, 0.6) is 0 Å². The molecule has 0 N–H and O–H groups in total. The molecule has 0 bridgehead atoms. The number of hydrogen-bond acceptors (Lipinski definition) is 4. The van der Waals surface area contributed by atoms with E-state index in [0.29, 0.717) is 10.8 Å². The topological polar surface area (TPSA) is 37.4 Å². The van der Waals surface area contributed by atoms with Gasteiger partial charge in [0.15, 0.2) is 0 Å². The fourth-order valence-electron chi connectivity index (χ4n) is 2.61. The van der Waals surface area contributed by atoms with E-state index in [-0.39, 0.29) is 6.04 Å². The molecule has 0 amide bonds. The minimum Gasteiger partial charge on any atom is -0.206 e. The second-order valence-corrected chi connectivity index (χ2v) is 8.59. The molecule has 19 heavy (non-hydrogen) atoms. The zero-order valence-electron chi connectivity index (χ0n) is 10.6. The summed E-state index contributed by atoms with van der Waals surface area (Å²) < 4.78 is 27.5. The second-order valence-electron chi connectivity index (χ2n) is 4.52. The number of rotatable bonds is 3. The Labute approximate surface area is 121 Å². The van der Waals surface area contributed by atoms with Gasteiger partial charge in [-0.15, -0.1) is 22.7 Å². The maximum atomic E-state index is 12.7. The average molecular weight is 313 g/mol. The Morgan fingerprint density at radius 1 is 1.32 bits per heavy atom. The SMILES string of the molecule is CCC1c2ccsc2CCN1S(=O)(=O)c1cccs1. The van der Waals surface area contributed by atoms with E-state index in [1.54, 1.807) is 27.8 Å². The highest BCUT2D eigenvalue weighted by molar-refractivity contribution is 7.91. The lowest BCUT2D eigenvalue weighted by Gasteiger charge is -2.33. The third-order valence-electron chi connectivity index (χ3n) is 3.49. The molecule has 1 aliphatic heterocycles. The van der Waals surface area contributed by atoms with Crippen LogP contribution in [0.3, 0.4) is 0 Å². The number of fused-ring (bicyclic) bond motifs is 1. The van der Waals surface area contributed by atoms with Crippen molar-refractivity contribution < 1.29 is 8.42 Å². The summed E-state index contributed by atoms with van der Waals surface area (Å²) in [6, 6.07) is 5.54. The van der Waals surface area contributed by atoms with Crippen molar-refractivity contribution in [2.24, 2.45) is 0 Å². The molecule has 3 nitrogen and oxygen atoms in total. The Bertz CT molecular complexity index is 658. The quantitative estimate of drug-likeness (QED) is 0.869. The summed E-state index contributed by atoms with van der Waals surface area (Å²) in [5.74, 6) is 0. The predicted octanol–water partition coefficient (Wildman–Crippen LogP) is 3.51.